The third-order valence-electron chi connectivity index (χ3n) is 9.01. The number of aryl methyl sites for hydroxylation is 1. The molecule has 1 unspecified atom stereocenters. The molecule has 11 nitrogen and oxygen atoms in total. The SMILES string of the molecule is C#CCn1cc(-c2cnc3c(Nc4cc(C)c(C(=O)N5CCN(C(=O)C6[C@H]7CNC[C@@H]67)CC5)c(F)c4)nccn23)c(C(F)(F)F)n1. The number of piperazine rings is 1. The van der Waals surface area contributed by atoms with Gasteiger partial charge in [0.05, 0.1) is 23.0 Å². The normalized spacial score (nSPS) is 20.9. The zero-order chi connectivity index (χ0) is 32.3. The molecule has 238 valence electrons. The van der Waals surface area contributed by atoms with Crippen molar-refractivity contribution in [2.45, 2.75) is 19.6 Å². The maximum Gasteiger partial charge on any atom is 0.435 e. The smallest absolute Gasteiger partial charge is 0.339 e. The quantitative estimate of drug-likeness (QED) is 0.247. The lowest BCUT2D eigenvalue weighted by Gasteiger charge is -2.35. The van der Waals surface area contributed by atoms with Gasteiger partial charge in [-0.25, -0.2) is 14.4 Å². The van der Waals surface area contributed by atoms with E-state index in [1.54, 1.807) is 17.9 Å². The highest BCUT2D eigenvalue weighted by molar-refractivity contribution is 5.97. The number of piperidine rings is 1. The van der Waals surface area contributed by atoms with E-state index in [9.17, 15) is 22.8 Å². The minimum Gasteiger partial charge on any atom is -0.339 e. The molecule has 3 atom stereocenters. The Hall–Kier alpha value is -4.97. The molecule has 0 bridgehead atoms. The van der Waals surface area contributed by atoms with Gasteiger partial charge in [-0.2, -0.15) is 18.3 Å². The summed E-state index contributed by atoms with van der Waals surface area (Å²) in [5.74, 6) is 2.30. The maximum atomic E-state index is 15.5. The predicted molar refractivity (Wildman–Crippen MR) is 158 cm³/mol. The first-order valence-corrected chi connectivity index (χ1v) is 14.8. The van der Waals surface area contributed by atoms with Crippen molar-refractivity contribution in [1.29, 1.82) is 0 Å². The Labute approximate surface area is 260 Å². The third-order valence-corrected chi connectivity index (χ3v) is 9.01. The lowest BCUT2D eigenvalue weighted by Crippen LogP contribution is -2.51. The van der Waals surface area contributed by atoms with Crippen LogP contribution in [0.25, 0.3) is 16.9 Å². The molecule has 3 aromatic heterocycles. The molecule has 5 heterocycles. The Balaban J connectivity index is 1.08. The van der Waals surface area contributed by atoms with Gasteiger partial charge in [0.2, 0.25) is 5.91 Å². The van der Waals surface area contributed by atoms with Crippen molar-refractivity contribution in [3.8, 4) is 23.6 Å². The first-order valence-electron chi connectivity index (χ1n) is 14.8. The number of halogens is 4. The number of nitrogens with one attached hydrogen (secondary N) is 2. The molecule has 4 aromatic rings. The molecule has 2 N–H and O–H groups in total. The monoisotopic (exact) mass is 635 g/mol. The van der Waals surface area contributed by atoms with Crippen LogP contribution >= 0.6 is 0 Å². The summed E-state index contributed by atoms with van der Waals surface area (Å²) >= 11 is 0. The van der Waals surface area contributed by atoms with Crippen LogP contribution in [0.4, 0.5) is 29.1 Å². The number of fused-ring (bicyclic) bond motifs is 2. The highest BCUT2D eigenvalue weighted by Crippen LogP contribution is 2.49. The van der Waals surface area contributed by atoms with E-state index < -0.39 is 23.6 Å². The largest absolute Gasteiger partial charge is 0.435 e. The molecule has 3 aliphatic rings. The molecule has 46 heavy (non-hydrogen) atoms. The van der Waals surface area contributed by atoms with Crippen molar-refractivity contribution in [3.05, 3.63) is 59.6 Å². The average Bonchev–Trinajstić information content (AvgIpc) is 3.43. The van der Waals surface area contributed by atoms with Crippen molar-refractivity contribution in [2.24, 2.45) is 17.8 Å². The topological polar surface area (TPSA) is 113 Å². The van der Waals surface area contributed by atoms with Gasteiger partial charge in [-0.05, 0) is 49.5 Å². The lowest BCUT2D eigenvalue weighted by molar-refractivity contribution is -0.141. The van der Waals surface area contributed by atoms with E-state index in [0.717, 1.165) is 17.8 Å². The number of amides is 2. The van der Waals surface area contributed by atoms with Crippen molar-refractivity contribution in [2.75, 3.05) is 44.6 Å². The van der Waals surface area contributed by atoms with Crippen LogP contribution < -0.4 is 10.6 Å². The fourth-order valence-corrected chi connectivity index (χ4v) is 6.71. The molecule has 3 fully saturated rings. The maximum absolute atomic E-state index is 15.5. The van der Waals surface area contributed by atoms with E-state index in [-0.39, 0.29) is 52.3 Å². The standard InChI is InChI=1S/C31H29F4N9O2/c1-3-5-43-16-21(26(40-43)31(33,34)35)23-15-38-28-27(37-4-6-44(23)28)39-18-11-17(2)24(22(32)12-18)29(45)41-7-9-42(10-8-41)30(46)25-19-13-36-14-20(19)25/h1,4,6,11-12,15-16,19-20,25,36H,5,7-10,13-14H2,2H3,(H,37,39)/t19-,20+,25?. The highest BCUT2D eigenvalue weighted by Gasteiger charge is 2.58. The second-order valence-corrected chi connectivity index (χ2v) is 11.8. The molecular weight excluding hydrogens is 606 g/mol. The van der Waals surface area contributed by atoms with Crippen LogP contribution in [0, 0.1) is 42.8 Å². The summed E-state index contributed by atoms with van der Waals surface area (Å²) in [7, 11) is 0. The van der Waals surface area contributed by atoms with E-state index in [0.29, 0.717) is 43.6 Å². The molecule has 1 saturated carbocycles. The molecule has 2 amide bonds. The molecular formula is C31H29F4N9O2. The van der Waals surface area contributed by atoms with Gasteiger partial charge in [0.25, 0.3) is 5.91 Å². The van der Waals surface area contributed by atoms with Gasteiger partial charge in [0, 0.05) is 56.4 Å². The van der Waals surface area contributed by atoms with Gasteiger partial charge < -0.3 is 20.4 Å². The Morgan fingerprint density at radius 2 is 1.83 bits per heavy atom. The summed E-state index contributed by atoms with van der Waals surface area (Å²) in [5.41, 5.74) is -0.430. The molecule has 2 aliphatic heterocycles. The van der Waals surface area contributed by atoms with Crippen LogP contribution in [0.3, 0.4) is 0 Å². The van der Waals surface area contributed by atoms with E-state index in [2.05, 4.69) is 31.6 Å². The number of rotatable bonds is 6. The van der Waals surface area contributed by atoms with Gasteiger partial charge in [-0.3, -0.25) is 18.7 Å². The second-order valence-electron chi connectivity index (χ2n) is 11.8. The van der Waals surface area contributed by atoms with Gasteiger partial charge in [-0.1, -0.05) is 5.92 Å². The number of nitrogens with zero attached hydrogens (tertiary/aromatic N) is 7. The van der Waals surface area contributed by atoms with Crippen LogP contribution in [0.15, 0.2) is 36.9 Å². The zero-order valence-electron chi connectivity index (χ0n) is 24.7. The summed E-state index contributed by atoms with van der Waals surface area (Å²) in [6, 6.07) is 2.76. The van der Waals surface area contributed by atoms with Gasteiger partial charge in [0.1, 0.15) is 12.4 Å². The van der Waals surface area contributed by atoms with Crippen molar-refractivity contribution < 1.29 is 27.2 Å². The first kappa shape index (κ1) is 29.7. The number of hydrogen-bond donors (Lipinski definition) is 2. The van der Waals surface area contributed by atoms with Crippen LogP contribution in [0.2, 0.25) is 0 Å². The Morgan fingerprint density at radius 3 is 2.50 bits per heavy atom. The summed E-state index contributed by atoms with van der Waals surface area (Å²) in [6.45, 7) is 4.67. The van der Waals surface area contributed by atoms with Gasteiger partial charge >= 0.3 is 6.18 Å². The zero-order valence-corrected chi connectivity index (χ0v) is 24.7. The Morgan fingerprint density at radius 1 is 1.11 bits per heavy atom. The summed E-state index contributed by atoms with van der Waals surface area (Å²) < 4.78 is 59.4. The number of terminal acetylenes is 1. The van der Waals surface area contributed by atoms with Crippen molar-refractivity contribution in [1.82, 2.24) is 39.3 Å². The number of anilines is 2. The molecule has 15 heteroatoms. The number of alkyl halides is 3. The number of carbonyl (C=O) groups is 2. The fraction of sp³-hybridized carbons (Fsp3) is 0.387. The van der Waals surface area contributed by atoms with Crippen LogP contribution in [0.5, 0.6) is 0 Å². The Kier molecular flexibility index (Phi) is 7.19. The van der Waals surface area contributed by atoms with E-state index in [1.165, 1.54) is 35.3 Å². The number of carbonyl (C=O) groups excluding carboxylic acids is 2. The van der Waals surface area contributed by atoms with Crippen LogP contribution in [0.1, 0.15) is 21.6 Å². The molecule has 0 radical (unpaired) electrons. The predicted octanol–water partition coefficient (Wildman–Crippen LogP) is 3.19. The number of aromatic nitrogens is 5. The second kappa shape index (κ2) is 11.1. The molecule has 2 saturated heterocycles. The molecule has 1 aliphatic carbocycles. The minimum absolute atomic E-state index is 0.0638. The van der Waals surface area contributed by atoms with Crippen LogP contribution in [-0.2, 0) is 17.5 Å². The van der Waals surface area contributed by atoms with Gasteiger partial charge in [0.15, 0.2) is 17.2 Å². The number of imidazole rings is 1. The molecule has 7 rings (SSSR count). The summed E-state index contributed by atoms with van der Waals surface area (Å²) in [6.07, 6.45) is 5.83. The fourth-order valence-electron chi connectivity index (χ4n) is 6.71. The lowest BCUT2D eigenvalue weighted by atomic mass is 10.0. The van der Waals surface area contributed by atoms with E-state index in [1.807, 2.05) is 4.90 Å². The van der Waals surface area contributed by atoms with Crippen molar-refractivity contribution >= 4 is 29.0 Å². The van der Waals surface area contributed by atoms with Gasteiger partial charge in [-0.15, -0.1) is 6.42 Å². The molecule has 0 spiro atoms. The van der Waals surface area contributed by atoms with E-state index in [4.69, 9.17) is 6.42 Å². The number of benzene rings is 1. The summed E-state index contributed by atoms with van der Waals surface area (Å²) in [4.78, 5) is 38.2. The Bertz CT molecular complexity index is 1870. The van der Waals surface area contributed by atoms with E-state index >= 15 is 4.39 Å². The average molecular weight is 636 g/mol. The third kappa shape index (κ3) is 5.12. The first-order chi connectivity index (χ1) is 22.0. The number of hydrogen-bond acceptors (Lipinski definition) is 7. The highest BCUT2D eigenvalue weighted by atomic mass is 19.4. The summed E-state index contributed by atoms with van der Waals surface area (Å²) in [5, 5.41) is 9.89. The van der Waals surface area contributed by atoms with Crippen molar-refractivity contribution in [3.63, 3.8) is 0 Å². The van der Waals surface area contributed by atoms with Crippen LogP contribution in [-0.4, -0.2) is 85.0 Å². The molecule has 1 aromatic carbocycles. The minimum atomic E-state index is -4.74.